The Morgan fingerprint density at radius 1 is 1.26 bits per heavy atom. The smallest absolute Gasteiger partial charge is 0.0659 e. The van der Waals surface area contributed by atoms with E-state index < -0.39 is 0 Å². The van der Waals surface area contributed by atoms with Crippen molar-refractivity contribution < 1.29 is 4.74 Å². The first-order chi connectivity index (χ1) is 9.33. The summed E-state index contributed by atoms with van der Waals surface area (Å²) >= 11 is 0. The summed E-state index contributed by atoms with van der Waals surface area (Å²) < 4.78 is 5.44. The summed E-state index contributed by atoms with van der Waals surface area (Å²) in [5.41, 5.74) is 1.35. The van der Waals surface area contributed by atoms with E-state index in [-0.39, 0.29) is 0 Å². The Morgan fingerprint density at radius 3 is 2.79 bits per heavy atom. The predicted octanol–water partition coefficient (Wildman–Crippen LogP) is 2.45. The van der Waals surface area contributed by atoms with Crippen molar-refractivity contribution in [2.45, 2.75) is 31.3 Å². The number of methoxy groups -OCH3 is 1. The molecule has 2 unspecified atom stereocenters. The van der Waals surface area contributed by atoms with Gasteiger partial charge in [-0.1, -0.05) is 30.3 Å². The van der Waals surface area contributed by atoms with Gasteiger partial charge in [0.1, 0.15) is 0 Å². The summed E-state index contributed by atoms with van der Waals surface area (Å²) in [5.74, 6) is 0. The van der Waals surface area contributed by atoms with Gasteiger partial charge < -0.3 is 10.1 Å². The molecule has 1 heterocycles. The molecule has 0 aliphatic carbocycles. The largest absolute Gasteiger partial charge is 0.383 e. The molecule has 0 spiro atoms. The molecule has 2 atom stereocenters. The Balaban J connectivity index is 2.09. The number of hydrogen-bond donors (Lipinski definition) is 1. The van der Waals surface area contributed by atoms with Crippen LogP contribution in [0.2, 0.25) is 0 Å². The Bertz CT molecular complexity index is 347. The van der Waals surface area contributed by atoms with Crippen LogP contribution in [0.3, 0.4) is 0 Å². The Labute approximate surface area is 116 Å². The Morgan fingerprint density at radius 2 is 2.05 bits per heavy atom. The summed E-state index contributed by atoms with van der Waals surface area (Å²) in [6.07, 6.45) is 3.77. The summed E-state index contributed by atoms with van der Waals surface area (Å²) in [7, 11) is 4.03. The van der Waals surface area contributed by atoms with Crippen LogP contribution < -0.4 is 5.32 Å². The lowest BCUT2D eigenvalue weighted by molar-refractivity contribution is 0.0751. The fourth-order valence-electron chi connectivity index (χ4n) is 2.94. The van der Waals surface area contributed by atoms with E-state index in [1.165, 1.54) is 24.8 Å². The molecular formula is C16H26N2O. The van der Waals surface area contributed by atoms with Crippen LogP contribution in [0.15, 0.2) is 30.3 Å². The third-order valence-electron chi connectivity index (χ3n) is 4.12. The molecule has 1 N–H and O–H groups in total. The zero-order valence-corrected chi connectivity index (χ0v) is 12.1. The molecule has 1 fully saturated rings. The summed E-state index contributed by atoms with van der Waals surface area (Å²) in [4.78, 5) is 2.51. The molecule has 3 heteroatoms. The molecule has 0 bridgehead atoms. The molecule has 1 aliphatic heterocycles. The summed E-state index contributed by atoms with van der Waals surface area (Å²) in [6.45, 7) is 3.04. The molecule has 0 saturated carbocycles. The van der Waals surface area contributed by atoms with Crippen molar-refractivity contribution in [1.29, 1.82) is 0 Å². The van der Waals surface area contributed by atoms with Crippen molar-refractivity contribution in [2.75, 3.05) is 33.9 Å². The highest BCUT2D eigenvalue weighted by Gasteiger charge is 2.24. The first kappa shape index (κ1) is 14.5. The van der Waals surface area contributed by atoms with Gasteiger partial charge in [0.25, 0.3) is 0 Å². The van der Waals surface area contributed by atoms with Crippen LogP contribution in [-0.2, 0) is 4.74 Å². The molecular weight excluding hydrogens is 236 g/mol. The highest BCUT2D eigenvalue weighted by atomic mass is 16.5. The quantitative estimate of drug-likeness (QED) is 0.882. The zero-order valence-electron chi connectivity index (χ0n) is 12.1. The lowest BCUT2D eigenvalue weighted by Crippen LogP contribution is -2.37. The van der Waals surface area contributed by atoms with Gasteiger partial charge >= 0.3 is 0 Å². The average molecular weight is 262 g/mol. The van der Waals surface area contributed by atoms with E-state index in [2.05, 4.69) is 47.6 Å². The number of nitrogens with zero attached hydrogens (tertiary/aromatic N) is 1. The Kier molecular flexibility index (Phi) is 5.83. The van der Waals surface area contributed by atoms with Gasteiger partial charge in [0.2, 0.25) is 0 Å². The number of rotatable bonds is 5. The average Bonchev–Trinajstić information content (AvgIpc) is 2.74. The van der Waals surface area contributed by atoms with Crippen molar-refractivity contribution in [3.63, 3.8) is 0 Å². The maximum atomic E-state index is 5.44. The topological polar surface area (TPSA) is 24.5 Å². The normalized spacial score (nSPS) is 22.2. The lowest BCUT2D eigenvalue weighted by Gasteiger charge is -2.34. The fraction of sp³-hybridized carbons (Fsp3) is 0.625. The van der Waals surface area contributed by atoms with E-state index >= 15 is 0 Å². The SMILES string of the molecule is COCC(c1ccccc1)N(C)C1CCCNCC1. The van der Waals surface area contributed by atoms with Crippen molar-refractivity contribution in [1.82, 2.24) is 10.2 Å². The van der Waals surface area contributed by atoms with E-state index in [0.29, 0.717) is 12.1 Å². The monoisotopic (exact) mass is 262 g/mol. The zero-order chi connectivity index (χ0) is 13.5. The second-order valence-electron chi connectivity index (χ2n) is 5.38. The third kappa shape index (κ3) is 4.03. The standard InChI is InChI=1S/C16H26N2O/c1-18(15-9-6-11-17-12-10-15)16(13-19-2)14-7-4-3-5-8-14/h3-5,7-8,15-17H,6,9-13H2,1-2H3. The minimum atomic E-state index is 0.356. The molecule has 3 nitrogen and oxygen atoms in total. The summed E-state index contributed by atoms with van der Waals surface area (Å²) in [6, 6.07) is 11.7. The van der Waals surface area contributed by atoms with Gasteiger partial charge in [-0.25, -0.2) is 0 Å². The molecule has 0 radical (unpaired) electrons. The first-order valence-corrected chi connectivity index (χ1v) is 7.29. The minimum absolute atomic E-state index is 0.356. The maximum absolute atomic E-state index is 5.44. The second kappa shape index (κ2) is 7.63. The molecule has 2 rings (SSSR count). The van der Waals surface area contributed by atoms with Gasteiger partial charge in [-0.15, -0.1) is 0 Å². The number of ether oxygens (including phenoxy) is 1. The van der Waals surface area contributed by atoms with Crippen LogP contribution in [0.25, 0.3) is 0 Å². The van der Waals surface area contributed by atoms with Crippen LogP contribution in [0.1, 0.15) is 30.9 Å². The van der Waals surface area contributed by atoms with E-state index in [9.17, 15) is 0 Å². The highest BCUT2D eigenvalue weighted by molar-refractivity contribution is 5.19. The third-order valence-corrected chi connectivity index (χ3v) is 4.12. The summed E-state index contributed by atoms with van der Waals surface area (Å²) in [5, 5.41) is 3.48. The van der Waals surface area contributed by atoms with E-state index in [1.54, 1.807) is 7.11 Å². The van der Waals surface area contributed by atoms with Crippen molar-refractivity contribution in [3.8, 4) is 0 Å². The van der Waals surface area contributed by atoms with Crippen molar-refractivity contribution in [2.24, 2.45) is 0 Å². The molecule has 0 amide bonds. The molecule has 1 aliphatic rings. The molecule has 1 aromatic rings. The number of hydrogen-bond acceptors (Lipinski definition) is 3. The maximum Gasteiger partial charge on any atom is 0.0659 e. The van der Waals surface area contributed by atoms with Crippen LogP contribution in [0.4, 0.5) is 0 Å². The molecule has 19 heavy (non-hydrogen) atoms. The highest BCUT2D eigenvalue weighted by Crippen LogP contribution is 2.25. The number of nitrogens with one attached hydrogen (secondary N) is 1. The first-order valence-electron chi connectivity index (χ1n) is 7.29. The molecule has 1 aromatic carbocycles. The predicted molar refractivity (Wildman–Crippen MR) is 79.3 cm³/mol. The van der Waals surface area contributed by atoms with Gasteiger partial charge in [0.05, 0.1) is 12.6 Å². The van der Waals surface area contributed by atoms with Crippen molar-refractivity contribution in [3.05, 3.63) is 35.9 Å². The van der Waals surface area contributed by atoms with E-state index in [1.807, 2.05) is 0 Å². The van der Waals surface area contributed by atoms with Crippen LogP contribution in [0, 0.1) is 0 Å². The van der Waals surface area contributed by atoms with E-state index in [4.69, 9.17) is 4.74 Å². The van der Waals surface area contributed by atoms with Crippen molar-refractivity contribution >= 4 is 0 Å². The van der Waals surface area contributed by atoms with Gasteiger partial charge in [-0.05, 0) is 45.0 Å². The van der Waals surface area contributed by atoms with Crippen LogP contribution in [0.5, 0.6) is 0 Å². The minimum Gasteiger partial charge on any atom is -0.383 e. The second-order valence-corrected chi connectivity index (χ2v) is 5.38. The van der Waals surface area contributed by atoms with Gasteiger partial charge in [-0.3, -0.25) is 4.90 Å². The van der Waals surface area contributed by atoms with E-state index in [0.717, 1.165) is 19.7 Å². The van der Waals surface area contributed by atoms with Gasteiger partial charge in [-0.2, -0.15) is 0 Å². The number of likely N-dealkylation sites (N-methyl/N-ethyl adjacent to an activating group) is 1. The lowest BCUT2D eigenvalue weighted by atomic mass is 10.0. The Hall–Kier alpha value is -0.900. The molecule has 1 saturated heterocycles. The molecule has 106 valence electrons. The fourth-order valence-corrected chi connectivity index (χ4v) is 2.94. The number of benzene rings is 1. The van der Waals surface area contributed by atoms with Crippen LogP contribution >= 0.6 is 0 Å². The van der Waals surface area contributed by atoms with Gasteiger partial charge in [0, 0.05) is 13.2 Å². The van der Waals surface area contributed by atoms with Gasteiger partial charge in [0.15, 0.2) is 0 Å². The van der Waals surface area contributed by atoms with Crippen LogP contribution in [-0.4, -0.2) is 44.8 Å². The molecule has 0 aromatic heterocycles.